The second-order valence-corrected chi connectivity index (χ2v) is 5.13. The van der Waals surface area contributed by atoms with Gasteiger partial charge in [0.15, 0.2) is 0 Å². The van der Waals surface area contributed by atoms with Gasteiger partial charge in [-0.25, -0.2) is 9.97 Å². The summed E-state index contributed by atoms with van der Waals surface area (Å²) >= 11 is 0. The van der Waals surface area contributed by atoms with Crippen LogP contribution in [0.1, 0.15) is 16.7 Å². The van der Waals surface area contributed by atoms with E-state index in [1.165, 1.54) is 0 Å². The van der Waals surface area contributed by atoms with E-state index in [9.17, 15) is 0 Å². The molecule has 4 N–H and O–H groups in total. The van der Waals surface area contributed by atoms with Crippen molar-refractivity contribution in [3.63, 3.8) is 0 Å². The molecule has 3 heterocycles. The Morgan fingerprint density at radius 3 is 3.05 bits per heavy atom. The van der Waals surface area contributed by atoms with E-state index in [0.717, 1.165) is 40.7 Å². The number of hydrogen-bond donors (Lipinski definition) is 4. The zero-order valence-corrected chi connectivity index (χ0v) is 12.4. The first-order valence-corrected chi connectivity index (χ1v) is 7.24. The van der Waals surface area contributed by atoms with E-state index in [4.69, 9.17) is 5.11 Å². The fraction of sp³-hybridized carbons (Fsp3) is 0.250. The molecule has 6 heteroatoms. The second-order valence-electron chi connectivity index (χ2n) is 5.13. The lowest BCUT2D eigenvalue weighted by Gasteiger charge is -2.18. The van der Waals surface area contributed by atoms with Crippen LogP contribution in [0.3, 0.4) is 0 Å². The van der Waals surface area contributed by atoms with Crippen LogP contribution in [0.4, 0.5) is 17.5 Å². The molecule has 22 heavy (non-hydrogen) atoms. The van der Waals surface area contributed by atoms with Gasteiger partial charge in [0.2, 0.25) is 0 Å². The van der Waals surface area contributed by atoms with Crippen molar-refractivity contribution in [1.82, 2.24) is 15.3 Å². The lowest BCUT2D eigenvalue weighted by Crippen LogP contribution is -2.17. The summed E-state index contributed by atoms with van der Waals surface area (Å²) in [5.41, 5.74) is 3.33. The molecule has 114 valence electrons. The molecule has 3 rings (SSSR count). The molecule has 0 aromatic carbocycles. The summed E-state index contributed by atoms with van der Waals surface area (Å²) in [6.45, 7) is 3.28. The van der Waals surface area contributed by atoms with Gasteiger partial charge in [-0.15, -0.1) is 0 Å². The summed E-state index contributed by atoms with van der Waals surface area (Å²) in [5, 5.41) is 18.6. The summed E-state index contributed by atoms with van der Waals surface area (Å²) in [6, 6.07) is 5.92. The molecule has 0 amide bonds. The number of fused-ring (bicyclic) bond motifs is 1. The molecule has 0 atom stereocenters. The fourth-order valence-corrected chi connectivity index (χ4v) is 2.36. The van der Waals surface area contributed by atoms with E-state index >= 15 is 0 Å². The maximum Gasteiger partial charge on any atom is 0.134 e. The number of aromatic nitrogens is 2. The highest BCUT2D eigenvalue weighted by Crippen LogP contribution is 2.26. The molecule has 0 fully saturated rings. The Bertz CT molecular complexity index is 699. The normalized spacial score (nSPS) is 12.5. The van der Waals surface area contributed by atoms with Crippen LogP contribution in [0.5, 0.6) is 0 Å². The summed E-state index contributed by atoms with van der Waals surface area (Å²) in [5.74, 6) is 2.26. The fourth-order valence-electron chi connectivity index (χ4n) is 2.36. The molecule has 0 saturated heterocycles. The highest BCUT2D eigenvalue weighted by Gasteiger charge is 2.13. The number of aliphatic hydroxyl groups excluding tert-OH is 1. The third-order valence-corrected chi connectivity index (χ3v) is 3.39. The highest BCUT2D eigenvalue weighted by atomic mass is 16.3. The van der Waals surface area contributed by atoms with Gasteiger partial charge in [-0.3, -0.25) is 0 Å². The minimum absolute atomic E-state index is 0.0663. The standard InChI is InChI=1S/C16H19N5O/c1-11-2-5-18-14(8-11)20-15-9-12-3-4-17-10-13(12)16(21-15)19-6-7-22/h2-5,8-9,17,22H,6-7,10H2,1H3,(H2,18,19,20,21). The van der Waals surface area contributed by atoms with Gasteiger partial charge in [0, 0.05) is 24.8 Å². The summed E-state index contributed by atoms with van der Waals surface area (Å²) < 4.78 is 0. The SMILES string of the molecule is Cc1ccnc(Nc2cc3c(c(NCCO)n2)CNC=C3)c1. The number of nitrogens with one attached hydrogen (secondary N) is 3. The van der Waals surface area contributed by atoms with Gasteiger partial charge in [-0.2, -0.15) is 0 Å². The molecule has 0 bridgehead atoms. The van der Waals surface area contributed by atoms with Crippen molar-refractivity contribution in [2.45, 2.75) is 13.5 Å². The lowest BCUT2D eigenvalue weighted by atomic mass is 10.1. The van der Waals surface area contributed by atoms with Crippen LogP contribution < -0.4 is 16.0 Å². The first-order valence-electron chi connectivity index (χ1n) is 7.24. The van der Waals surface area contributed by atoms with Crippen LogP contribution in [0.15, 0.2) is 30.6 Å². The van der Waals surface area contributed by atoms with Crippen LogP contribution in [0.25, 0.3) is 6.08 Å². The lowest BCUT2D eigenvalue weighted by molar-refractivity contribution is 0.311. The van der Waals surface area contributed by atoms with Crippen molar-refractivity contribution in [1.29, 1.82) is 0 Å². The highest BCUT2D eigenvalue weighted by molar-refractivity contribution is 5.69. The quantitative estimate of drug-likeness (QED) is 0.676. The van der Waals surface area contributed by atoms with E-state index in [1.54, 1.807) is 6.20 Å². The maximum absolute atomic E-state index is 9.02. The number of aliphatic hydroxyl groups is 1. The zero-order chi connectivity index (χ0) is 15.4. The first kappa shape index (κ1) is 14.3. The van der Waals surface area contributed by atoms with Gasteiger partial charge >= 0.3 is 0 Å². The van der Waals surface area contributed by atoms with Crippen LogP contribution in [-0.2, 0) is 6.54 Å². The Morgan fingerprint density at radius 2 is 2.23 bits per heavy atom. The average molecular weight is 297 g/mol. The maximum atomic E-state index is 9.02. The molecule has 2 aromatic heterocycles. The third-order valence-electron chi connectivity index (χ3n) is 3.39. The zero-order valence-electron chi connectivity index (χ0n) is 12.4. The van der Waals surface area contributed by atoms with Crippen molar-refractivity contribution >= 4 is 23.5 Å². The Kier molecular flexibility index (Phi) is 4.20. The average Bonchev–Trinajstić information content (AvgIpc) is 2.52. The van der Waals surface area contributed by atoms with Gasteiger partial charge in [0.25, 0.3) is 0 Å². The molecule has 1 aliphatic heterocycles. The molecule has 2 aromatic rings. The monoisotopic (exact) mass is 297 g/mol. The smallest absolute Gasteiger partial charge is 0.134 e. The second kappa shape index (κ2) is 6.44. The van der Waals surface area contributed by atoms with Crippen LogP contribution in [0, 0.1) is 6.92 Å². The minimum atomic E-state index is 0.0663. The van der Waals surface area contributed by atoms with Crippen LogP contribution in [0.2, 0.25) is 0 Å². The van der Waals surface area contributed by atoms with Gasteiger partial charge in [-0.05, 0) is 48.5 Å². The van der Waals surface area contributed by atoms with E-state index in [-0.39, 0.29) is 6.61 Å². The molecule has 0 unspecified atom stereocenters. The van der Waals surface area contributed by atoms with Crippen molar-refractivity contribution in [3.05, 3.63) is 47.3 Å². The van der Waals surface area contributed by atoms with Gasteiger partial charge in [-0.1, -0.05) is 0 Å². The van der Waals surface area contributed by atoms with Gasteiger partial charge < -0.3 is 21.1 Å². The van der Waals surface area contributed by atoms with Crippen molar-refractivity contribution in [2.24, 2.45) is 0 Å². The van der Waals surface area contributed by atoms with Crippen molar-refractivity contribution in [2.75, 3.05) is 23.8 Å². The Balaban J connectivity index is 1.92. The molecule has 1 aliphatic rings. The predicted molar refractivity (Wildman–Crippen MR) is 87.9 cm³/mol. The van der Waals surface area contributed by atoms with E-state index < -0.39 is 0 Å². The predicted octanol–water partition coefficient (Wildman–Crippen LogP) is 2.01. The number of pyridine rings is 2. The van der Waals surface area contributed by atoms with E-state index in [1.807, 2.05) is 37.4 Å². The van der Waals surface area contributed by atoms with Gasteiger partial charge in [0.1, 0.15) is 17.5 Å². The number of nitrogens with zero attached hydrogens (tertiary/aromatic N) is 2. The Morgan fingerprint density at radius 1 is 1.32 bits per heavy atom. The van der Waals surface area contributed by atoms with Crippen LogP contribution >= 0.6 is 0 Å². The molecule has 0 saturated carbocycles. The summed E-state index contributed by atoms with van der Waals surface area (Å²) in [6.07, 6.45) is 5.71. The third kappa shape index (κ3) is 3.17. The largest absolute Gasteiger partial charge is 0.395 e. The van der Waals surface area contributed by atoms with Crippen molar-refractivity contribution in [3.8, 4) is 0 Å². The number of rotatable bonds is 5. The molecule has 0 radical (unpaired) electrons. The molecule has 0 spiro atoms. The Hall–Kier alpha value is -2.60. The molecular formula is C16H19N5O. The van der Waals surface area contributed by atoms with Gasteiger partial charge in [0.05, 0.1) is 6.61 Å². The first-order chi connectivity index (χ1) is 10.8. The Labute approximate surface area is 129 Å². The van der Waals surface area contributed by atoms with Crippen LogP contribution in [-0.4, -0.2) is 28.2 Å². The van der Waals surface area contributed by atoms with Crippen molar-refractivity contribution < 1.29 is 5.11 Å². The minimum Gasteiger partial charge on any atom is -0.395 e. The molecule has 0 aliphatic carbocycles. The van der Waals surface area contributed by atoms with E-state index in [2.05, 4.69) is 25.9 Å². The van der Waals surface area contributed by atoms with E-state index in [0.29, 0.717) is 6.54 Å². The summed E-state index contributed by atoms with van der Waals surface area (Å²) in [4.78, 5) is 8.90. The molecule has 6 nitrogen and oxygen atoms in total. The number of anilines is 3. The molecular weight excluding hydrogens is 278 g/mol. The topological polar surface area (TPSA) is 82.1 Å². The summed E-state index contributed by atoms with van der Waals surface area (Å²) in [7, 11) is 0. The number of hydrogen-bond acceptors (Lipinski definition) is 6. The number of aryl methyl sites for hydroxylation is 1.